The predicted octanol–water partition coefficient (Wildman–Crippen LogP) is 1.59. The highest BCUT2D eigenvalue weighted by Gasteiger charge is 2.27. The molecule has 1 aromatic heterocycles. The minimum absolute atomic E-state index is 0.0707. The van der Waals surface area contributed by atoms with Crippen LogP contribution in [0.5, 0.6) is 0 Å². The molecule has 0 amide bonds. The quantitative estimate of drug-likeness (QED) is 0.769. The maximum Gasteiger partial charge on any atom is 0.242 e. The van der Waals surface area contributed by atoms with Crippen molar-refractivity contribution in [1.82, 2.24) is 15.0 Å². The van der Waals surface area contributed by atoms with E-state index in [9.17, 15) is 8.42 Å². The molecule has 19 heavy (non-hydrogen) atoms. The van der Waals surface area contributed by atoms with Gasteiger partial charge in [-0.15, -0.1) is 0 Å². The Bertz CT molecular complexity index is 510. The van der Waals surface area contributed by atoms with Crippen LogP contribution in [0.1, 0.15) is 38.3 Å². The van der Waals surface area contributed by atoms with E-state index in [4.69, 9.17) is 0 Å². The third kappa shape index (κ3) is 3.58. The summed E-state index contributed by atoms with van der Waals surface area (Å²) in [6, 6.07) is 1.76. The van der Waals surface area contributed by atoms with Gasteiger partial charge in [-0.1, -0.05) is 19.8 Å². The highest BCUT2D eigenvalue weighted by atomic mass is 32.2. The van der Waals surface area contributed by atoms with Crippen LogP contribution in [0.25, 0.3) is 0 Å². The third-order valence-electron chi connectivity index (χ3n) is 3.81. The van der Waals surface area contributed by atoms with Crippen molar-refractivity contribution >= 4 is 10.0 Å². The van der Waals surface area contributed by atoms with Gasteiger partial charge in [-0.25, -0.2) is 13.1 Å². The Morgan fingerprint density at radius 2 is 2.11 bits per heavy atom. The van der Waals surface area contributed by atoms with Crippen LogP contribution in [0, 0.1) is 5.92 Å². The maximum atomic E-state index is 12.3. The van der Waals surface area contributed by atoms with Gasteiger partial charge in [-0.05, 0) is 31.9 Å². The van der Waals surface area contributed by atoms with E-state index >= 15 is 0 Å². The number of hydrogen-bond acceptors (Lipinski definition) is 3. The Morgan fingerprint density at radius 3 is 2.79 bits per heavy atom. The first kappa shape index (κ1) is 14.6. The summed E-state index contributed by atoms with van der Waals surface area (Å²) < 4.78 is 27.5. The first-order valence-electron chi connectivity index (χ1n) is 6.87. The largest absolute Gasteiger partial charge is 0.363 e. The summed E-state index contributed by atoms with van der Waals surface area (Å²) in [6.07, 6.45) is 5.91. The molecule has 1 saturated carbocycles. The second-order valence-corrected chi connectivity index (χ2v) is 7.09. The van der Waals surface area contributed by atoms with Crippen molar-refractivity contribution in [2.24, 2.45) is 5.92 Å². The number of H-pyrrole nitrogens is 1. The zero-order valence-electron chi connectivity index (χ0n) is 11.6. The van der Waals surface area contributed by atoms with E-state index in [1.165, 1.54) is 6.42 Å². The summed E-state index contributed by atoms with van der Waals surface area (Å²) in [4.78, 5) is 3.31. The van der Waals surface area contributed by atoms with Crippen LogP contribution in [0.4, 0.5) is 0 Å². The van der Waals surface area contributed by atoms with Gasteiger partial charge in [0.05, 0.1) is 4.90 Å². The Labute approximate surface area is 115 Å². The fourth-order valence-corrected chi connectivity index (χ4v) is 4.02. The van der Waals surface area contributed by atoms with Gasteiger partial charge in [0.15, 0.2) is 0 Å². The molecule has 1 aliphatic carbocycles. The van der Waals surface area contributed by atoms with E-state index in [0.29, 0.717) is 17.4 Å². The van der Waals surface area contributed by atoms with Crippen LogP contribution in [-0.2, 0) is 16.6 Å². The van der Waals surface area contributed by atoms with Gasteiger partial charge >= 0.3 is 0 Å². The van der Waals surface area contributed by atoms with Crippen LogP contribution in [-0.4, -0.2) is 26.5 Å². The molecule has 0 aromatic carbocycles. The minimum atomic E-state index is -3.40. The van der Waals surface area contributed by atoms with E-state index < -0.39 is 10.0 Å². The number of hydrogen-bond donors (Lipinski definition) is 3. The number of aromatic nitrogens is 1. The average molecular weight is 285 g/mol. The normalized spacial score (nSPS) is 24.5. The highest BCUT2D eigenvalue weighted by molar-refractivity contribution is 7.89. The first-order valence-corrected chi connectivity index (χ1v) is 8.35. The predicted molar refractivity (Wildman–Crippen MR) is 75.3 cm³/mol. The topological polar surface area (TPSA) is 74.0 Å². The lowest BCUT2D eigenvalue weighted by Gasteiger charge is -2.29. The van der Waals surface area contributed by atoms with Crippen molar-refractivity contribution < 1.29 is 8.42 Å². The molecule has 0 bridgehead atoms. The summed E-state index contributed by atoms with van der Waals surface area (Å²) in [7, 11) is -1.57. The Kier molecular flexibility index (Phi) is 4.65. The van der Waals surface area contributed by atoms with Crippen LogP contribution in [0.3, 0.4) is 0 Å². The summed E-state index contributed by atoms with van der Waals surface area (Å²) >= 11 is 0. The molecular formula is C13H23N3O2S. The van der Waals surface area contributed by atoms with Crippen molar-refractivity contribution in [3.8, 4) is 0 Å². The molecule has 3 N–H and O–H groups in total. The molecular weight excluding hydrogens is 262 g/mol. The molecule has 0 spiro atoms. The Balaban J connectivity index is 2.08. The highest BCUT2D eigenvalue weighted by Crippen LogP contribution is 2.25. The van der Waals surface area contributed by atoms with Gasteiger partial charge in [0.1, 0.15) is 0 Å². The van der Waals surface area contributed by atoms with Gasteiger partial charge in [-0.3, -0.25) is 0 Å². The summed E-state index contributed by atoms with van der Waals surface area (Å²) in [6.45, 7) is 2.76. The van der Waals surface area contributed by atoms with Crippen LogP contribution in [0.15, 0.2) is 17.2 Å². The lowest BCUT2D eigenvalue weighted by Crippen LogP contribution is -2.40. The monoisotopic (exact) mass is 285 g/mol. The first-order chi connectivity index (χ1) is 9.03. The van der Waals surface area contributed by atoms with Crippen LogP contribution >= 0.6 is 0 Å². The molecule has 1 heterocycles. The molecule has 6 heteroatoms. The number of nitrogens with one attached hydrogen (secondary N) is 3. The van der Waals surface area contributed by atoms with Gasteiger partial charge in [0.25, 0.3) is 0 Å². The maximum absolute atomic E-state index is 12.3. The lowest BCUT2D eigenvalue weighted by molar-refractivity contribution is 0.310. The summed E-state index contributed by atoms with van der Waals surface area (Å²) in [5, 5.41) is 2.99. The fraction of sp³-hybridized carbons (Fsp3) is 0.692. The lowest BCUT2D eigenvalue weighted by atomic mass is 9.87. The molecule has 5 nitrogen and oxygen atoms in total. The SMILES string of the molecule is CNCc1cc(S(=O)(=O)NC2CCCCC2C)c[nH]1. The van der Waals surface area contributed by atoms with Crippen molar-refractivity contribution in [2.75, 3.05) is 7.05 Å². The standard InChI is InChI=1S/C13H23N3O2S/c1-10-5-3-4-6-13(10)16-19(17,18)12-7-11(8-14-2)15-9-12/h7,9-10,13-16H,3-6,8H2,1-2H3. The zero-order chi connectivity index (χ0) is 13.9. The summed E-state index contributed by atoms with van der Waals surface area (Å²) in [5.41, 5.74) is 0.875. The average Bonchev–Trinajstić information content (AvgIpc) is 2.82. The molecule has 2 unspecified atom stereocenters. The molecule has 1 aliphatic rings. The van der Waals surface area contributed by atoms with E-state index in [1.54, 1.807) is 12.3 Å². The Morgan fingerprint density at radius 1 is 1.37 bits per heavy atom. The molecule has 0 saturated heterocycles. The molecule has 108 valence electrons. The van der Waals surface area contributed by atoms with Gasteiger partial charge < -0.3 is 10.3 Å². The molecule has 1 fully saturated rings. The van der Waals surface area contributed by atoms with E-state index in [0.717, 1.165) is 25.0 Å². The van der Waals surface area contributed by atoms with Crippen LogP contribution in [0.2, 0.25) is 0 Å². The fourth-order valence-electron chi connectivity index (χ4n) is 2.63. The summed E-state index contributed by atoms with van der Waals surface area (Å²) in [5.74, 6) is 0.416. The zero-order valence-corrected chi connectivity index (χ0v) is 12.4. The van der Waals surface area contributed by atoms with Gasteiger partial charge in [-0.2, -0.15) is 0 Å². The smallest absolute Gasteiger partial charge is 0.242 e. The number of sulfonamides is 1. The molecule has 2 rings (SSSR count). The molecule has 0 radical (unpaired) electrons. The van der Waals surface area contributed by atoms with Crippen molar-refractivity contribution in [2.45, 2.75) is 50.1 Å². The van der Waals surface area contributed by atoms with E-state index in [2.05, 4.69) is 21.9 Å². The van der Waals surface area contributed by atoms with E-state index in [-0.39, 0.29) is 6.04 Å². The second kappa shape index (κ2) is 6.07. The van der Waals surface area contributed by atoms with Crippen molar-refractivity contribution in [3.05, 3.63) is 18.0 Å². The van der Waals surface area contributed by atoms with Crippen LogP contribution < -0.4 is 10.0 Å². The number of aromatic amines is 1. The molecule has 0 aliphatic heterocycles. The number of rotatable bonds is 5. The van der Waals surface area contributed by atoms with Crippen molar-refractivity contribution in [3.63, 3.8) is 0 Å². The molecule has 2 atom stereocenters. The van der Waals surface area contributed by atoms with E-state index in [1.807, 2.05) is 7.05 Å². The van der Waals surface area contributed by atoms with Gasteiger partial charge in [0.2, 0.25) is 10.0 Å². The molecule has 1 aromatic rings. The van der Waals surface area contributed by atoms with Gasteiger partial charge in [0, 0.05) is 24.5 Å². The Hall–Kier alpha value is -0.850. The second-order valence-electron chi connectivity index (χ2n) is 5.38. The third-order valence-corrected chi connectivity index (χ3v) is 5.28. The van der Waals surface area contributed by atoms with Crippen molar-refractivity contribution in [1.29, 1.82) is 0 Å². The minimum Gasteiger partial charge on any atom is -0.363 e.